The van der Waals surface area contributed by atoms with E-state index in [1.54, 1.807) is 25.1 Å². The lowest BCUT2D eigenvalue weighted by Gasteiger charge is -2.08. The molecule has 0 amide bonds. The van der Waals surface area contributed by atoms with Crippen molar-refractivity contribution in [2.75, 3.05) is 0 Å². The summed E-state index contributed by atoms with van der Waals surface area (Å²) in [6, 6.07) is 4.96. The Morgan fingerprint density at radius 3 is 2.62 bits per heavy atom. The van der Waals surface area contributed by atoms with E-state index in [0.29, 0.717) is 5.56 Å². The standard InChI is InChI=1S/C9H9IO3/c1-5(9(12)13)7-3-2-6(10)4-8(7)11/h2-5,11H,1H3,(H,12,13). The number of aromatic hydroxyl groups is 1. The first-order valence-electron chi connectivity index (χ1n) is 3.73. The lowest BCUT2D eigenvalue weighted by molar-refractivity contribution is -0.138. The predicted molar refractivity (Wildman–Crippen MR) is 56.9 cm³/mol. The van der Waals surface area contributed by atoms with Gasteiger partial charge in [-0.2, -0.15) is 0 Å². The molecule has 70 valence electrons. The molecule has 1 aromatic rings. The van der Waals surface area contributed by atoms with E-state index in [-0.39, 0.29) is 5.75 Å². The van der Waals surface area contributed by atoms with E-state index in [1.165, 1.54) is 0 Å². The monoisotopic (exact) mass is 292 g/mol. The maximum atomic E-state index is 10.6. The number of carbonyl (C=O) groups is 1. The van der Waals surface area contributed by atoms with Crippen LogP contribution in [0.25, 0.3) is 0 Å². The van der Waals surface area contributed by atoms with E-state index in [9.17, 15) is 9.90 Å². The van der Waals surface area contributed by atoms with Crippen molar-refractivity contribution in [1.29, 1.82) is 0 Å². The minimum absolute atomic E-state index is 0.0433. The second-order valence-electron chi connectivity index (χ2n) is 2.76. The molecule has 0 aliphatic rings. The predicted octanol–water partition coefficient (Wildman–Crippen LogP) is 2.18. The number of rotatable bonds is 2. The summed E-state index contributed by atoms with van der Waals surface area (Å²) < 4.78 is 0.886. The minimum Gasteiger partial charge on any atom is -0.508 e. The van der Waals surface area contributed by atoms with Gasteiger partial charge in [-0.15, -0.1) is 0 Å². The van der Waals surface area contributed by atoms with E-state index in [4.69, 9.17) is 5.11 Å². The number of hydrogen-bond acceptors (Lipinski definition) is 2. The molecule has 13 heavy (non-hydrogen) atoms. The quantitative estimate of drug-likeness (QED) is 0.821. The van der Waals surface area contributed by atoms with Crippen molar-refractivity contribution < 1.29 is 15.0 Å². The molecule has 1 aromatic carbocycles. The fraction of sp³-hybridized carbons (Fsp3) is 0.222. The largest absolute Gasteiger partial charge is 0.508 e. The zero-order chi connectivity index (χ0) is 10.0. The van der Waals surface area contributed by atoms with Crippen molar-refractivity contribution in [1.82, 2.24) is 0 Å². The Morgan fingerprint density at radius 2 is 2.15 bits per heavy atom. The van der Waals surface area contributed by atoms with Crippen LogP contribution in [0.3, 0.4) is 0 Å². The second-order valence-corrected chi connectivity index (χ2v) is 4.01. The van der Waals surface area contributed by atoms with Crippen LogP contribution >= 0.6 is 22.6 Å². The molecule has 1 unspecified atom stereocenters. The Hall–Kier alpha value is -0.780. The molecule has 2 N–H and O–H groups in total. The molecule has 0 aliphatic carbocycles. The summed E-state index contributed by atoms with van der Waals surface area (Å²) in [4.78, 5) is 10.6. The minimum atomic E-state index is -0.934. The van der Waals surface area contributed by atoms with E-state index < -0.39 is 11.9 Å². The molecule has 0 aromatic heterocycles. The smallest absolute Gasteiger partial charge is 0.310 e. The van der Waals surface area contributed by atoms with Crippen LogP contribution < -0.4 is 0 Å². The maximum absolute atomic E-state index is 10.6. The average Bonchev–Trinajstić information content (AvgIpc) is 2.03. The summed E-state index contributed by atoms with van der Waals surface area (Å²) >= 11 is 2.06. The number of carboxylic acid groups (broad SMARTS) is 1. The second kappa shape index (κ2) is 3.95. The molecule has 1 atom stereocenters. The highest BCUT2D eigenvalue weighted by atomic mass is 127. The van der Waals surface area contributed by atoms with Crippen LogP contribution in [0.1, 0.15) is 18.4 Å². The van der Waals surface area contributed by atoms with Gasteiger partial charge in [0.2, 0.25) is 0 Å². The number of phenols is 1. The molecular formula is C9H9IO3. The van der Waals surface area contributed by atoms with Crippen molar-refractivity contribution in [3.8, 4) is 5.75 Å². The van der Waals surface area contributed by atoms with E-state index in [1.807, 2.05) is 0 Å². The molecule has 1 rings (SSSR count). The Balaban J connectivity index is 3.08. The van der Waals surface area contributed by atoms with Crippen LogP contribution in [0.15, 0.2) is 18.2 Å². The van der Waals surface area contributed by atoms with Crippen molar-refractivity contribution in [2.45, 2.75) is 12.8 Å². The maximum Gasteiger partial charge on any atom is 0.310 e. The van der Waals surface area contributed by atoms with Gasteiger partial charge in [0.05, 0.1) is 5.92 Å². The summed E-state index contributed by atoms with van der Waals surface area (Å²) in [5, 5.41) is 18.2. The van der Waals surface area contributed by atoms with Gasteiger partial charge in [0.1, 0.15) is 5.75 Å². The van der Waals surface area contributed by atoms with Gasteiger partial charge in [-0.05, 0) is 41.6 Å². The number of halogens is 1. The van der Waals surface area contributed by atoms with Gasteiger partial charge in [0.15, 0.2) is 0 Å². The lowest BCUT2D eigenvalue weighted by Crippen LogP contribution is -2.07. The molecule has 4 heteroatoms. The van der Waals surface area contributed by atoms with Crippen LogP contribution in [0.5, 0.6) is 5.75 Å². The first kappa shape index (κ1) is 10.3. The number of carboxylic acids is 1. The summed E-state index contributed by atoms with van der Waals surface area (Å²) in [5.74, 6) is -1.56. The molecule has 0 spiro atoms. The van der Waals surface area contributed by atoms with Gasteiger partial charge in [-0.25, -0.2) is 0 Å². The Kier molecular flexibility index (Phi) is 3.13. The molecule has 0 heterocycles. The van der Waals surface area contributed by atoms with E-state index >= 15 is 0 Å². The summed E-state index contributed by atoms with van der Waals surface area (Å²) in [7, 11) is 0. The summed E-state index contributed by atoms with van der Waals surface area (Å²) in [6.45, 7) is 1.55. The first-order valence-corrected chi connectivity index (χ1v) is 4.81. The Bertz CT molecular complexity index is 336. The van der Waals surface area contributed by atoms with Crippen LogP contribution in [0, 0.1) is 3.57 Å². The Morgan fingerprint density at radius 1 is 1.54 bits per heavy atom. The van der Waals surface area contributed by atoms with E-state index in [2.05, 4.69) is 22.6 Å². The van der Waals surface area contributed by atoms with Gasteiger partial charge in [0.25, 0.3) is 0 Å². The fourth-order valence-electron chi connectivity index (χ4n) is 1.02. The number of aliphatic carboxylic acids is 1. The van der Waals surface area contributed by atoms with Crippen molar-refractivity contribution in [3.05, 3.63) is 27.3 Å². The zero-order valence-electron chi connectivity index (χ0n) is 6.99. The number of benzene rings is 1. The molecular weight excluding hydrogens is 283 g/mol. The van der Waals surface area contributed by atoms with Crippen molar-refractivity contribution in [2.24, 2.45) is 0 Å². The normalized spacial score (nSPS) is 12.5. The Labute approximate surface area is 89.5 Å². The average molecular weight is 292 g/mol. The highest BCUT2D eigenvalue weighted by molar-refractivity contribution is 14.1. The van der Waals surface area contributed by atoms with Gasteiger partial charge < -0.3 is 10.2 Å². The third-order valence-corrected chi connectivity index (χ3v) is 2.50. The first-order chi connectivity index (χ1) is 6.02. The number of phenolic OH excluding ortho intramolecular Hbond substituents is 1. The molecule has 0 bridgehead atoms. The van der Waals surface area contributed by atoms with Gasteiger partial charge in [-0.3, -0.25) is 4.79 Å². The highest BCUT2D eigenvalue weighted by Crippen LogP contribution is 2.27. The van der Waals surface area contributed by atoms with Crippen molar-refractivity contribution >= 4 is 28.6 Å². The fourth-order valence-corrected chi connectivity index (χ4v) is 1.49. The molecule has 0 aliphatic heterocycles. The molecule has 0 saturated carbocycles. The van der Waals surface area contributed by atoms with Crippen LogP contribution in [-0.2, 0) is 4.79 Å². The lowest BCUT2D eigenvalue weighted by atomic mass is 10.0. The number of hydrogen-bond donors (Lipinski definition) is 2. The SMILES string of the molecule is CC(C(=O)O)c1ccc(I)cc1O. The third kappa shape index (κ3) is 2.33. The topological polar surface area (TPSA) is 57.5 Å². The van der Waals surface area contributed by atoms with E-state index in [0.717, 1.165) is 3.57 Å². The molecule has 0 fully saturated rings. The zero-order valence-corrected chi connectivity index (χ0v) is 9.15. The molecule has 0 saturated heterocycles. The van der Waals surface area contributed by atoms with Crippen molar-refractivity contribution in [3.63, 3.8) is 0 Å². The van der Waals surface area contributed by atoms with Gasteiger partial charge >= 0.3 is 5.97 Å². The van der Waals surface area contributed by atoms with Gasteiger partial charge in [0, 0.05) is 9.13 Å². The van der Waals surface area contributed by atoms with Crippen LogP contribution in [0.4, 0.5) is 0 Å². The summed E-state index contributed by atoms with van der Waals surface area (Å²) in [5.41, 5.74) is 0.452. The molecule has 0 radical (unpaired) electrons. The van der Waals surface area contributed by atoms with Crippen LogP contribution in [-0.4, -0.2) is 16.2 Å². The third-order valence-electron chi connectivity index (χ3n) is 1.83. The summed E-state index contributed by atoms with van der Waals surface area (Å²) in [6.07, 6.45) is 0. The highest BCUT2D eigenvalue weighted by Gasteiger charge is 2.16. The van der Waals surface area contributed by atoms with Gasteiger partial charge in [-0.1, -0.05) is 6.07 Å². The molecule has 3 nitrogen and oxygen atoms in total. The van der Waals surface area contributed by atoms with Crippen LogP contribution in [0.2, 0.25) is 0 Å².